The van der Waals surface area contributed by atoms with Crippen molar-refractivity contribution in [2.45, 2.75) is 25.9 Å². The van der Waals surface area contributed by atoms with E-state index in [1.165, 1.54) is 0 Å². The summed E-state index contributed by atoms with van der Waals surface area (Å²) in [4.78, 5) is 0. The fourth-order valence-electron chi connectivity index (χ4n) is 0.428. The number of hydrogen-bond acceptors (Lipinski definition) is 2. The SMILES string of the molecule is C/C=C\C(N)(N)CC. The summed E-state index contributed by atoms with van der Waals surface area (Å²) in [7, 11) is 0. The zero-order chi connectivity index (χ0) is 6.62. The van der Waals surface area contributed by atoms with Crippen LogP contribution in [0.3, 0.4) is 0 Å². The molecule has 0 unspecified atom stereocenters. The Morgan fingerprint density at radius 2 is 2.00 bits per heavy atom. The summed E-state index contributed by atoms with van der Waals surface area (Å²) in [5.41, 5.74) is 10.4. The predicted octanol–water partition coefficient (Wildman–Crippen LogP) is 0.586. The second-order valence-electron chi connectivity index (χ2n) is 1.97. The summed E-state index contributed by atoms with van der Waals surface area (Å²) in [6.45, 7) is 3.87. The van der Waals surface area contributed by atoms with Gasteiger partial charge in [-0.15, -0.1) is 0 Å². The first-order chi connectivity index (χ1) is 3.62. The molecule has 0 aromatic rings. The molecule has 0 spiro atoms. The molecule has 0 aliphatic carbocycles. The van der Waals surface area contributed by atoms with Crippen LogP contribution in [0.15, 0.2) is 12.2 Å². The average Bonchev–Trinajstić information content (AvgIpc) is 1.67. The van der Waals surface area contributed by atoms with Crippen molar-refractivity contribution in [1.29, 1.82) is 0 Å². The van der Waals surface area contributed by atoms with E-state index < -0.39 is 5.66 Å². The maximum atomic E-state index is 5.52. The van der Waals surface area contributed by atoms with E-state index in [1.807, 2.05) is 19.9 Å². The predicted molar refractivity (Wildman–Crippen MR) is 36.2 cm³/mol. The summed E-state index contributed by atoms with van der Waals surface area (Å²) >= 11 is 0. The topological polar surface area (TPSA) is 52.0 Å². The highest BCUT2D eigenvalue weighted by Crippen LogP contribution is 1.97. The molecule has 0 aromatic carbocycles. The van der Waals surface area contributed by atoms with Crippen molar-refractivity contribution >= 4 is 0 Å². The molecule has 0 amide bonds. The van der Waals surface area contributed by atoms with Crippen LogP contribution in [0.4, 0.5) is 0 Å². The van der Waals surface area contributed by atoms with Crippen LogP contribution in [-0.4, -0.2) is 5.66 Å². The minimum Gasteiger partial charge on any atom is -0.310 e. The average molecular weight is 114 g/mol. The summed E-state index contributed by atoms with van der Waals surface area (Å²) in [5, 5.41) is 0. The number of allylic oxidation sites excluding steroid dienone is 1. The van der Waals surface area contributed by atoms with Crippen LogP contribution in [-0.2, 0) is 0 Å². The standard InChI is InChI=1S/C6H14N2/c1-3-5-6(7,8)4-2/h3,5H,4,7-8H2,1-2H3/b5-3-. The Labute approximate surface area is 50.6 Å². The third kappa shape index (κ3) is 2.77. The minimum absolute atomic E-state index is 0.589. The lowest BCUT2D eigenvalue weighted by Crippen LogP contribution is -2.46. The molecule has 2 heteroatoms. The number of hydrogen-bond donors (Lipinski definition) is 2. The quantitative estimate of drug-likeness (QED) is 0.407. The monoisotopic (exact) mass is 114 g/mol. The Morgan fingerprint density at radius 1 is 1.50 bits per heavy atom. The fraction of sp³-hybridized carbons (Fsp3) is 0.667. The molecule has 0 saturated heterocycles. The molecular weight excluding hydrogens is 100 g/mol. The van der Waals surface area contributed by atoms with Crippen LogP contribution in [0.5, 0.6) is 0 Å². The maximum absolute atomic E-state index is 5.52. The second-order valence-corrected chi connectivity index (χ2v) is 1.97. The van der Waals surface area contributed by atoms with Crippen LogP contribution in [0, 0.1) is 0 Å². The second kappa shape index (κ2) is 2.84. The van der Waals surface area contributed by atoms with Crippen molar-refractivity contribution in [2.75, 3.05) is 0 Å². The van der Waals surface area contributed by atoms with Gasteiger partial charge in [0.15, 0.2) is 0 Å². The Kier molecular flexibility index (Phi) is 2.72. The highest BCUT2D eigenvalue weighted by molar-refractivity contribution is 4.97. The Bertz CT molecular complexity index is 84.5. The van der Waals surface area contributed by atoms with E-state index in [0.29, 0.717) is 0 Å². The molecule has 48 valence electrons. The van der Waals surface area contributed by atoms with Crippen LogP contribution in [0.25, 0.3) is 0 Å². The van der Waals surface area contributed by atoms with E-state index in [2.05, 4.69) is 0 Å². The van der Waals surface area contributed by atoms with Gasteiger partial charge in [0.1, 0.15) is 0 Å². The largest absolute Gasteiger partial charge is 0.310 e. The molecule has 0 rings (SSSR count). The van der Waals surface area contributed by atoms with Gasteiger partial charge in [-0.1, -0.05) is 19.1 Å². The molecular formula is C6H14N2. The fourth-order valence-corrected chi connectivity index (χ4v) is 0.428. The molecule has 0 saturated carbocycles. The Balaban J connectivity index is 3.71. The molecule has 8 heavy (non-hydrogen) atoms. The van der Waals surface area contributed by atoms with Crippen molar-refractivity contribution in [3.05, 3.63) is 12.2 Å². The van der Waals surface area contributed by atoms with Crippen LogP contribution >= 0.6 is 0 Å². The molecule has 0 heterocycles. The van der Waals surface area contributed by atoms with Gasteiger partial charge >= 0.3 is 0 Å². The smallest absolute Gasteiger partial charge is 0.0825 e. The van der Waals surface area contributed by atoms with Gasteiger partial charge in [-0.3, -0.25) is 0 Å². The van der Waals surface area contributed by atoms with Gasteiger partial charge in [0.05, 0.1) is 5.66 Å². The Morgan fingerprint density at radius 3 is 2.12 bits per heavy atom. The molecule has 0 aliphatic heterocycles. The van der Waals surface area contributed by atoms with Gasteiger partial charge in [0, 0.05) is 0 Å². The minimum atomic E-state index is -0.589. The zero-order valence-electron chi connectivity index (χ0n) is 5.52. The number of nitrogens with two attached hydrogens (primary N) is 2. The normalized spacial score (nSPS) is 13.0. The zero-order valence-corrected chi connectivity index (χ0v) is 5.52. The molecule has 0 radical (unpaired) electrons. The Hall–Kier alpha value is -0.340. The van der Waals surface area contributed by atoms with Crippen molar-refractivity contribution in [3.63, 3.8) is 0 Å². The molecule has 0 fully saturated rings. The van der Waals surface area contributed by atoms with Crippen LogP contribution in [0.2, 0.25) is 0 Å². The highest BCUT2D eigenvalue weighted by atomic mass is 14.9. The molecule has 0 atom stereocenters. The van der Waals surface area contributed by atoms with Crippen molar-refractivity contribution in [1.82, 2.24) is 0 Å². The summed E-state index contributed by atoms with van der Waals surface area (Å²) in [5.74, 6) is 0. The third-order valence-corrected chi connectivity index (χ3v) is 1.09. The van der Waals surface area contributed by atoms with E-state index in [0.717, 1.165) is 6.42 Å². The van der Waals surface area contributed by atoms with E-state index in [9.17, 15) is 0 Å². The molecule has 0 bridgehead atoms. The molecule has 0 aliphatic rings. The van der Waals surface area contributed by atoms with Gasteiger partial charge in [-0.25, -0.2) is 0 Å². The first-order valence-corrected chi connectivity index (χ1v) is 2.84. The van der Waals surface area contributed by atoms with Crippen molar-refractivity contribution < 1.29 is 0 Å². The van der Waals surface area contributed by atoms with E-state index in [4.69, 9.17) is 11.5 Å². The molecule has 4 N–H and O–H groups in total. The van der Waals surface area contributed by atoms with Gasteiger partial charge in [-0.2, -0.15) is 0 Å². The summed E-state index contributed by atoms with van der Waals surface area (Å²) in [6, 6.07) is 0. The van der Waals surface area contributed by atoms with Gasteiger partial charge in [0.2, 0.25) is 0 Å². The first kappa shape index (κ1) is 7.66. The summed E-state index contributed by atoms with van der Waals surface area (Å²) < 4.78 is 0. The lowest BCUT2D eigenvalue weighted by molar-refractivity contribution is 0.533. The summed E-state index contributed by atoms with van der Waals surface area (Å²) in [6.07, 6.45) is 4.44. The van der Waals surface area contributed by atoms with E-state index in [1.54, 1.807) is 6.08 Å². The highest BCUT2D eigenvalue weighted by Gasteiger charge is 2.08. The van der Waals surface area contributed by atoms with Crippen LogP contribution in [0.1, 0.15) is 20.3 Å². The van der Waals surface area contributed by atoms with E-state index >= 15 is 0 Å². The number of rotatable bonds is 2. The maximum Gasteiger partial charge on any atom is 0.0825 e. The third-order valence-electron chi connectivity index (χ3n) is 1.09. The van der Waals surface area contributed by atoms with Crippen molar-refractivity contribution in [3.8, 4) is 0 Å². The van der Waals surface area contributed by atoms with Gasteiger partial charge in [0.25, 0.3) is 0 Å². The van der Waals surface area contributed by atoms with Crippen molar-refractivity contribution in [2.24, 2.45) is 11.5 Å². The lowest BCUT2D eigenvalue weighted by atomic mass is 10.1. The van der Waals surface area contributed by atoms with Gasteiger partial charge in [-0.05, 0) is 13.3 Å². The molecule has 2 nitrogen and oxygen atoms in total. The van der Waals surface area contributed by atoms with Gasteiger partial charge < -0.3 is 11.5 Å². The molecule has 0 aromatic heterocycles. The van der Waals surface area contributed by atoms with Crippen LogP contribution < -0.4 is 11.5 Å². The lowest BCUT2D eigenvalue weighted by Gasteiger charge is -2.16. The first-order valence-electron chi connectivity index (χ1n) is 2.84. The van der Waals surface area contributed by atoms with E-state index in [-0.39, 0.29) is 0 Å².